The number of rotatable bonds is 8. The quantitative estimate of drug-likeness (QED) is 0.632. The van der Waals surface area contributed by atoms with Crippen molar-refractivity contribution >= 4 is 5.97 Å². The number of hydrogen-bond donors (Lipinski definition) is 2. The van der Waals surface area contributed by atoms with Gasteiger partial charge in [-0.1, -0.05) is 43.2 Å². The fourth-order valence-electron chi connectivity index (χ4n) is 5.18. The van der Waals surface area contributed by atoms with Crippen LogP contribution in [0.5, 0.6) is 0 Å². The van der Waals surface area contributed by atoms with E-state index in [1.165, 1.54) is 6.33 Å². The molecule has 166 valence electrons. The van der Waals surface area contributed by atoms with Crippen molar-refractivity contribution in [1.82, 2.24) is 15.3 Å². The first-order valence-corrected chi connectivity index (χ1v) is 11.6. The molecule has 6 nitrogen and oxygen atoms in total. The van der Waals surface area contributed by atoms with Crippen LogP contribution >= 0.6 is 0 Å². The predicted octanol–water partition coefficient (Wildman–Crippen LogP) is 3.57. The van der Waals surface area contributed by atoms with Crippen LogP contribution in [-0.2, 0) is 15.1 Å². The molecule has 0 bridgehead atoms. The minimum atomic E-state index is -1.59. The number of hydrogen-bond acceptors (Lipinski definition) is 6. The number of carbonyl (C=O) groups is 1. The molecule has 1 aromatic carbocycles. The molecular weight excluding hydrogens is 390 g/mol. The van der Waals surface area contributed by atoms with Gasteiger partial charge in [-0.05, 0) is 62.2 Å². The van der Waals surface area contributed by atoms with E-state index in [2.05, 4.69) is 15.3 Å². The zero-order chi connectivity index (χ0) is 21.5. The Balaban J connectivity index is 1.51. The van der Waals surface area contributed by atoms with Gasteiger partial charge in [-0.15, -0.1) is 0 Å². The maximum atomic E-state index is 13.4. The Kier molecular flexibility index (Phi) is 7.30. The van der Waals surface area contributed by atoms with Gasteiger partial charge < -0.3 is 15.2 Å². The number of esters is 1. The number of nitrogens with zero attached hydrogens (tertiary/aromatic N) is 2. The molecule has 1 saturated carbocycles. The minimum absolute atomic E-state index is 0.0249. The summed E-state index contributed by atoms with van der Waals surface area (Å²) in [4.78, 5) is 21.7. The average molecular weight is 424 g/mol. The molecule has 6 heteroatoms. The molecule has 1 aliphatic heterocycles. The Morgan fingerprint density at radius 3 is 2.45 bits per heavy atom. The number of benzene rings is 1. The minimum Gasteiger partial charge on any atom is -0.463 e. The molecule has 0 amide bonds. The maximum absolute atomic E-state index is 13.4. The lowest BCUT2D eigenvalue weighted by atomic mass is 9.80. The molecule has 2 atom stereocenters. The molecule has 2 heterocycles. The van der Waals surface area contributed by atoms with Crippen molar-refractivity contribution in [2.75, 3.05) is 19.7 Å². The summed E-state index contributed by atoms with van der Waals surface area (Å²) in [5, 5.41) is 15.1. The third-order valence-electron chi connectivity index (χ3n) is 7.02. The highest BCUT2D eigenvalue weighted by atomic mass is 16.5. The molecule has 1 saturated heterocycles. The van der Waals surface area contributed by atoms with Gasteiger partial charge in [-0.2, -0.15) is 0 Å². The topological polar surface area (TPSA) is 84.3 Å². The molecule has 1 aromatic heterocycles. The van der Waals surface area contributed by atoms with Crippen LogP contribution in [-0.4, -0.2) is 40.7 Å². The number of nitrogens with one attached hydrogen (secondary N) is 1. The summed E-state index contributed by atoms with van der Waals surface area (Å²) in [5.74, 6) is -0.0343. The van der Waals surface area contributed by atoms with E-state index in [4.69, 9.17) is 4.74 Å². The second-order valence-electron chi connectivity index (χ2n) is 9.01. The Morgan fingerprint density at radius 1 is 1.10 bits per heavy atom. The first kappa shape index (κ1) is 21.9. The number of aliphatic hydroxyl groups is 1. The molecule has 2 aliphatic rings. The Hall–Kier alpha value is -2.31. The number of ether oxygens (including phenoxy) is 1. The average Bonchev–Trinajstić information content (AvgIpc) is 3.38. The van der Waals surface area contributed by atoms with Gasteiger partial charge in [0, 0.05) is 24.2 Å². The van der Waals surface area contributed by atoms with Crippen LogP contribution in [0.25, 0.3) is 0 Å². The summed E-state index contributed by atoms with van der Waals surface area (Å²) in [7, 11) is 0. The Bertz CT molecular complexity index is 820. The lowest BCUT2D eigenvalue weighted by Gasteiger charge is -2.33. The molecule has 2 aromatic rings. The van der Waals surface area contributed by atoms with E-state index in [0.29, 0.717) is 11.5 Å². The molecule has 4 rings (SSSR count). The third kappa shape index (κ3) is 5.13. The summed E-state index contributed by atoms with van der Waals surface area (Å²) in [6, 6.07) is 9.29. The van der Waals surface area contributed by atoms with E-state index < -0.39 is 11.6 Å². The van der Waals surface area contributed by atoms with E-state index >= 15 is 0 Å². The summed E-state index contributed by atoms with van der Waals surface area (Å²) in [6.45, 7) is 2.29. The van der Waals surface area contributed by atoms with Gasteiger partial charge in [0.25, 0.3) is 0 Å². The zero-order valence-corrected chi connectivity index (χ0v) is 18.1. The van der Waals surface area contributed by atoms with Crippen molar-refractivity contribution in [3.05, 3.63) is 60.2 Å². The molecule has 2 fully saturated rings. The van der Waals surface area contributed by atoms with Crippen LogP contribution in [0.4, 0.5) is 0 Å². The smallest absolute Gasteiger partial charge is 0.343 e. The highest BCUT2D eigenvalue weighted by Gasteiger charge is 2.48. The molecule has 1 aliphatic carbocycles. The van der Waals surface area contributed by atoms with Crippen molar-refractivity contribution < 1.29 is 14.6 Å². The second-order valence-corrected chi connectivity index (χ2v) is 9.01. The van der Waals surface area contributed by atoms with Crippen LogP contribution in [0.3, 0.4) is 0 Å². The number of piperidine rings is 1. The third-order valence-corrected chi connectivity index (χ3v) is 7.02. The molecule has 2 unspecified atom stereocenters. The molecule has 2 N–H and O–H groups in total. The largest absolute Gasteiger partial charge is 0.463 e. The molecule has 0 radical (unpaired) electrons. The fourth-order valence-corrected chi connectivity index (χ4v) is 5.18. The van der Waals surface area contributed by atoms with Gasteiger partial charge in [0.1, 0.15) is 6.33 Å². The van der Waals surface area contributed by atoms with Crippen molar-refractivity contribution in [3.8, 4) is 0 Å². The Labute approximate surface area is 184 Å². The lowest BCUT2D eigenvalue weighted by Crippen LogP contribution is -2.44. The van der Waals surface area contributed by atoms with Crippen molar-refractivity contribution in [3.63, 3.8) is 0 Å². The van der Waals surface area contributed by atoms with Gasteiger partial charge in [0.2, 0.25) is 0 Å². The standard InChI is InChI=1S/C25H33N3O3/c29-24(25(30,23-8-4-5-9-23)22-6-2-1-3-7-22)31-17-20(21-15-27-18-28-16-21)14-19-10-12-26-13-11-19/h1-3,6-7,15-16,18-20,23,26,30H,4-5,8-14,17H2. The second kappa shape index (κ2) is 10.3. The molecule has 31 heavy (non-hydrogen) atoms. The molecule has 0 spiro atoms. The van der Waals surface area contributed by atoms with Crippen LogP contribution < -0.4 is 5.32 Å². The van der Waals surface area contributed by atoms with Crippen LogP contribution in [0.2, 0.25) is 0 Å². The SMILES string of the molecule is O=C(OCC(CC1CCNCC1)c1cncnc1)C(O)(c1ccccc1)C1CCCC1. The maximum Gasteiger partial charge on any atom is 0.343 e. The normalized spacial score (nSPS) is 20.8. The zero-order valence-electron chi connectivity index (χ0n) is 18.1. The lowest BCUT2D eigenvalue weighted by molar-refractivity contribution is -0.174. The van der Waals surface area contributed by atoms with E-state index in [-0.39, 0.29) is 18.4 Å². The summed E-state index contributed by atoms with van der Waals surface area (Å²) < 4.78 is 5.87. The molecular formula is C25H33N3O3. The van der Waals surface area contributed by atoms with E-state index in [1.54, 1.807) is 0 Å². The highest BCUT2D eigenvalue weighted by Crippen LogP contribution is 2.42. The fraction of sp³-hybridized carbons (Fsp3) is 0.560. The van der Waals surface area contributed by atoms with Crippen molar-refractivity contribution in [1.29, 1.82) is 0 Å². The summed E-state index contributed by atoms with van der Waals surface area (Å²) in [6.07, 6.45) is 12.1. The predicted molar refractivity (Wildman–Crippen MR) is 118 cm³/mol. The first-order chi connectivity index (χ1) is 15.2. The van der Waals surface area contributed by atoms with Gasteiger partial charge in [-0.3, -0.25) is 0 Å². The monoisotopic (exact) mass is 423 g/mol. The first-order valence-electron chi connectivity index (χ1n) is 11.6. The summed E-state index contributed by atoms with van der Waals surface area (Å²) in [5.41, 5.74) is 0.0207. The van der Waals surface area contributed by atoms with Crippen LogP contribution in [0, 0.1) is 11.8 Å². The Morgan fingerprint density at radius 2 is 1.77 bits per heavy atom. The highest BCUT2D eigenvalue weighted by molar-refractivity contribution is 5.81. The van der Waals surface area contributed by atoms with E-state index in [9.17, 15) is 9.90 Å². The summed E-state index contributed by atoms with van der Waals surface area (Å²) >= 11 is 0. The van der Waals surface area contributed by atoms with Gasteiger partial charge in [-0.25, -0.2) is 14.8 Å². The van der Waals surface area contributed by atoms with E-state index in [0.717, 1.165) is 63.6 Å². The van der Waals surface area contributed by atoms with Crippen LogP contribution in [0.15, 0.2) is 49.1 Å². The number of aromatic nitrogens is 2. The van der Waals surface area contributed by atoms with Crippen molar-refractivity contribution in [2.24, 2.45) is 11.8 Å². The van der Waals surface area contributed by atoms with Gasteiger partial charge in [0.15, 0.2) is 5.60 Å². The van der Waals surface area contributed by atoms with E-state index in [1.807, 2.05) is 42.7 Å². The van der Waals surface area contributed by atoms with Crippen LogP contribution in [0.1, 0.15) is 62.0 Å². The van der Waals surface area contributed by atoms with Gasteiger partial charge >= 0.3 is 5.97 Å². The number of carbonyl (C=O) groups excluding carboxylic acids is 1. The van der Waals surface area contributed by atoms with Crippen molar-refractivity contribution in [2.45, 2.75) is 56.5 Å². The van der Waals surface area contributed by atoms with Gasteiger partial charge in [0.05, 0.1) is 6.61 Å².